The molecule has 1 unspecified atom stereocenters. The Hall–Kier alpha value is -0.900. The van der Waals surface area contributed by atoms with Gasteiger partial charge in [-0.15, -0.1) is 0 Å². The van der Waals surface area contributed by atoms with Crippen molar-refractivity contribution in [3.05, 3.63) is 35.9 Å². The Bertz CT molecular complexity index is 299. The fourth-order valence-electron chi connectivity index (χ4n) is 1.99. The van der Waals surface area contributed by atoms with E-state index >= 15 is 0 Å². The lowest BCUT2D eigenvalue weighted by Gasteiger charge is -2.11. The molecule has 1 aromatic rings. The molecule has 1 aromatic carbocycles. The first kappa shape index (κ1) is 10.6. The summed E-state index contributed by atoms with van der Waals surface area (Å²) in [5.74, 6) is 0. The van der Waals surface area contributed by atoms with E-state index in [0.29, 0.717) is 6.42 Å². The van der Waals surface area contributed by atoms with Gasteiger partial charge in [0.05, 0.1) is 18.8 Å². The van der Waals surface area contributed by atoms with Crippen LogP contribution in [0.2, 0.25) is 0 Å². The molecule has 1 heterocycles. The Morgan fingerprint density at radius 2 is 2.00 bits per heavy atom. The Balaban J connectivity index is 1.92. The van der Waals surface area contributed by atoms with Crippen molar-refractivity contribution in [3.63, 3.8) is 0 Å². The monoisotopic (exact) mass is 208 g/mol. The molecule has 1 aliphatic heterocycles. The molecule has 2 N–H and O–H groups in total. The Morgan fingerprint density at radius 1 is 1.27 bits per heavy atom. The van der Waals surface area contributed by atoms with E-state index in [9.17, 15) is 5.11 Å². The van der Waals surface area contributed by atoms with Crippen LogP contribution < -0.4 is 0 Å². The van der Waals surface area contributed by atoms with E-state index in [1.54, 1.807) is 0 Å². The number of aliphatic hydroxyl groups is 2. The van der Waals surface area contributed by atoms with Gasteiger partial charge in [0.1, 0.15) is 6.10 Å². The highest BCUT2D eigenvalue weighted by atomic mass is 16.5. The largest absolute Gasteiger partial charge is 0.394 e. The summed E-state index contributed by atoms with van der Waals surface area (Å²) in [6.45, 7) is -0.105. The lowest BCUT2D eigenvalue weighted by molar-refractivity contribution is -0.0214. The van der Waals surface area contributed by atoms with Crippen molar-refractivity contribution >= 4 is 0 Å². The second kappa shape index (κ2) is 4.75. The molecule has 1 fully saturated rings. The van der Waals surface area contributed by atoms with Gasteiger partial charge in [0.25, 0.3) is 0 Å². The molecule has 0 bridgehead atoms. The highest BCUT2D eigenvalue weighted by molar-refractivity contribution is 5.15. The SMILES string of the molecule is OCC1O[C@@H](Cc2ccccc2)C[C@H]1O. The van der Waals surface area contributed by atoms with E-state index in [-0.39, 0.29) is 12.7 Å². The number of rotatable bonds is 3. The van der Waals surface area contributed by atoms with E-state index in [1.807, 2.05) is 30.3 Å². The summed E-state index contributed by atoms with van der Waals surface area (Å²) in [6.07, 6.45) is 0.510. The van der Waals surface area contributed by atoms with Gasteiger partial charge in [-0.2, -0.15) is 0 Å². The highest BCUT2D eigenvalue weighted by Gasteiger charge is 2.33. The molecule has 1 aliphatic rings. The second-order valence-electron chi connectivity index (χ2n) is 3.97. The molecule has 15 heavy (non-hydrogen) atoms. The molecule has 82 valence electrons. The summed E-state index contributed by atoms with van der Waals surface area (Å²) in [5, 5.41) is 18.5. The molecule has 0 aliphatic carbocycles. The summed E-state index contributed by atoms with van der Waals surface area (Å²) in [7, 11) is 0. The van der Waals surface area contributed by atoms with Gasteiger partial charge >= 0.3 is 0 Å². The van der Waals surface area contributed by atoms with Gasteiger partial charge in [-0.05, 0) is 12.0 Å². The van der Waals surface area contributed by atoms with Gasteiger partial charge in [0.15, 0.2) is 0 Å². The van der Waals surface area contributed by atoms with Crippen molar-refractivity contribution in [2.24, 2.45) is 0 Å². The minimum atomic E-state index is -0.524. The smallest absolute Gasteiger partial charge is 0.107 e. The predicted molar refractivity (Wildman–Crippen MR) is 56.5 cm³/mol. The van der Waals surface area contributed by atoms with Crippen LogP contribution in [0.15, 0.2) is 30.3 Å². The van der Waals surface area contributed by atoms with Crippen LogP contribution in [-0.2, 0) is 11.2 Å². The average molecular weight is 208 g/mol. The fraction of sp³-hybridized carbons (Fsp3) is 0.500. The molecular formula is C12H16O3. The molecule has 3 heteroatoms. The zero-order valence-electron chi connectivity index (χ0n) is 8.54. The lowest BCUT2D eigenvalue weighted by atomic mass is 10.0. The maximum Gasteiger partial charge on any atom is 0.107 e. The zero-order valence-corrected chi connectivity index (χ0v) is 8.54. The third-order valence-corrected chi connectivity index (χ3v) is 2.79. The number of benzene rings is 1. The third-order valence-electron chi connectivity index (χ3n) is 2.79. The first-order valence-electron chi connectivity index (χ1n) is 5.28. The van der Waals surface area contributed by atoms with Crippen LogP contribution >= 0.6 is 0 Å². The molecule has 3 atom stereocenters. The summed E-state index contributed by atoms with van der Waals surface area (Å²) < 4.78 is 5.53. The first-order chi connectivity index (χ1) is 7.29. The minimum Gasteiger partial charge on any atom is -0.394 e. The van der Waals surface area contributed by atoms with Crippen molar-refractivity contribution in [3.8, 4) is 0 Å². The molecular weight excluding hydrogens is 192 g/mol. The zero-order chi connectivity index (χ0) is 10.7. The molecule has 0 spiro atoms. The van der Waals surface area contributed by atoms with E-state index in [1.165, 1.54) is 5.56 Å². The maximum absolute atomic E-state index is 9.55. The number of aliphatic hydroxyl groups excluding tert-OH is 2. The normalized spacial score (nSPS) is 30.7. The van der Waals surface area contributed by atoms with Crippen molar-refractivity contribution in [1.29, 1.82) is 0 Å². The Kier molecular flexibility index (Phi) is 3.36. The van der Waals surface area contributed by atoms with Crippen LogP contribution in [0.5, 0.6) is 0 Å². The van der Waals surface area contributed by atoms with Gasteiger partial charge in [-0.25, -0.2) is 0 Å². The van der Waals surface area contributed by atoms with Gasteiger partial charge in [0, 0.05) is 6.42 Å². The van der Waals surface area contributed by atoms with Crippen molar-refractivity contribution in [2.75, 3.05) is 6.61 Å². The summed E-state index contributed by atoms with van der Waals surface area (Å²) in [5.41, 5.74) is 1.20. The van der Waals surface area contributed by atoms with E-state index < -0.39 is 12.2 Å². The molecule has 0 saturated carbocycles. The number of hydrogen-bond donors (Lipinski definition) is 2. The van der Waals surface area contributed by atoms with Crippen molar-refractivity contribution in [2.45, 2.75) is 31.2 Å². The topological polar surface area (TPSA) is 49.7 Å². The van der Waals surface area contributed by atoms with Crippen molar-refractivity contribution < 1.29 is 14.9 Å². The Labute approximate surface area is 89.3 Å². The van der Waals surface area contributed by atoms with Gasteiger partial charge in [0.2, 0.25) is 0 Å². The number of ether oxygens (including phenoxy) is 1. The molecule has 0 amide bonds. The quantitative estimate of drug-likeness (QED) is 0.770. The predicted octanol–water partition coefficient (Wildman–Crippen LogP) is 0.740. The van der Waals surface area contributed by atoms with Crippen LogP contribution in [-0.4, -0.2) is 35.1 Å². The van der Waals surface area contributed by atoms with Gasteiger partial charge in [-0.3, -0.25) is 0 Å². The van der Waals surface area contributed by atoms with Crippen LogP contribution in [0.1, 0.15) is 12.0 Å². The molecule has 0 aromatic heterocycles. The Morgan fingerprint density at radius 3 is 2.60 bits per heavy atom. The average Bonchev–Trinajstić information content (AvgIpc) is 2.60. The van der Waals surface area contributed by atoms with Crippen LogP contribution in [0.3, 0.4) is 0 Å². The van der Waals surface area contributed by atoms with Crippen LogP contribution in [0, 0.1) is 0 Å². The minimum absolute atomic E-state index is 0.0274. The molecule has 2 rings (SSSR count). The second-order valence-corrected chi connectivity index (χ2v) is 3.97. The third kappa shape index (κ3) is 2.56. The van der Waals surface area contributed by atoms with E-state index in [2.05, 4.69) is 0 Å². The maximum atomic E-state index is 9.55. The van der Waals surface area contributed by atoms with Crippen molar-refractivity contribution in [1.82, 2.24) is 0 Å². The summed E-state index contributed by atoms with van der Waals surface area (Å²) in [6, 6.07) is 10.0. The fourth-order valence-corrected chi connectivity index (χ4v) is 1.99. The highest BCUT2D eigenvalue weighted by Crippen LogP contribution is 2.23. The standard InChI is InChI=1S/C12H16O3/c13-8-12-11(14)7-10(15-12)6-9-4-2-1-3-5-9/h1-5,10-14H,6-8H2/t10-,11+,12?/m0/s1. The van der Waals surface area contributed by atoms with Gasteiger partial charge in [-0.1, -0.05) is 30.3 Å². The lowest BCUT2D eigenvalue weighted by Crippen LogP contribution is -2.24. The summed E-state index contributed by atoms with van der Waals surface area (Å²) in [4.78, 5) is 0. The van der Waals surface area contributed by atoms with Crippen LogP contribution in [0.4, 0.5) is 0 Å². The molecule has 0 radical (unpaired) electrons. The van der Waals surface area contributed by atoms with Gasteiger partial charge < -0.3 is 14.9 Å². The number of hydrogen-bond acceptors (Lipinski definition) is 3. The summed E-state index contributed by atoms with van der Waals surface area (Å²) >= 11 is 0. The van der Waals surface area contributed by atoms with Crippen LogP contribution in [0.25, 0.3) is 0 Å². The van der Waals surface area contributed by atoms with E-state index in [4.69, 9.17) is 9.84 Å². The first-order valence-corrected chi connectivity index (χ1v) is 5.28. The van der Waals surface area contributed by atoms with E-state index in [0.717, 1.165) is 6.42 Å². The molecule has 3 nitrogen and oxygen atoms in total. The molecule has 1 saturated heterocycles.